The summed E-state index contributed by atoms with van der Waals surface area (Å²) in [4.78, 5) is 19.7. The van der Waals surface area contributed by atoms with E-state index in [1.54, 1.807) is 12.2 Å². The van der Waals surface area contributed by atoms with Crippen LogP contribution in [0.1, 0.15) is 54.9 Å². The van der Waals surface area contributed by atoms with Crippen LogP contribution < -0.4 is 4.90 Å². The van der Waals surface area contributed by atoms with E-state index >= 15 is 0 Å². The fourth-order valence-electron chi connectivity index (χ4n) is 4.44. The molecular formula is C32H30N4O2. The molecule has 0 radical (unpaired) electrons. The monoisotopic (exact) mass is 502 g/mol. The molecule has 190 valence electrons. The number of aliphatic carboxylic acids is 1. The standard InChI is InChI=1S/C32H30N4O2/c1-4-5-6-7-20-36-30-18-14-24(10-8-12-28(23-33)34-2)21-26(30)16-17-27-22-25(15-19-31(27)36)11-9-13-29(35-3)32(37)38/h8-15,18-19,21-22H,4-7,16-17,20H2,1H3,(H,37,38)/b10-8+,11-9+,28-12-,29-13+. The average molecular weight is 503 g/mol. The molecule has 1 aliphatic rings. The number of allylic oxidation sites excluding steroid dienone is 5. The molecule has 2 aromatic carbocycles. The number of nitriles is 1. The van der Waals surface area contributed by atoms with Crippen molar-refractivity contribution in [3.63, 3.8) is 0 Å². The molecule has 6 heteroatoms. The third kappa shape index (κ3) is 7.33. The van der Waals surface area contributed by atoms with Crippen molar-refractivity contribution in [3.05, 3.63) is 117 Å². The molecule has 0 fully saturated rings. The van der Waals surface area contributed by atoms with E-state index < -0.39 is 5.97 Å². The molecule has 1 aliphatic heterocycles. The average Bonchev–Trinajstić information content (AvgIpc) is 3.07. The lowest BCUT2D eigenvalue weighted by molar-refractivity contribution is -0.132. The van der Waals surface area contributed by atoms with Gasteiger partial charge in [0.1, 0.15) is 0 Å². The van der Waals surface area contributed by atoms with Gasteiger partial charge in [0.15, 0.2) is 0 Å². The number of carbonyl (C=O) groups is 1. The molecule has 6 nitrogen and oxygen atoms in total. The van der Waals surface area contributed by atoms with Gasteiger partial charge in [-0.05, 0) is 77.9 Å². The molecule has 1 heterocycles. The van der Waals surface area contributed by atoms with Crippen LogP contribution in [0.15, 0.2) is 72.1 Å². The normalized spacial score (nSPS) is 13.4. The van der Waals surface area contributed by atoms with Gasteiger partial charge in [-0.15, -0.1) is 0 Å². The Morgan fingerprint density at radius 1 is 0.974 bits per heavy atom. The molecule has 1 N–H and O–H groups in total. The molecule has 0 bridgehead atoms. The Morgan fingerprint density at radius 2 is 1.58 bits per heavy atom. The van der Waals surface area contributed by atoms with Crippen molar-refractivity contribution >= 4 is 29.5 Å². The summed E-state index contributed by atoms with van der Waals surface area (Å²) in [6.07, 6.45) is 16.3. The summed E-state index contributed by atoms with van der Waals surface area (Å²) in [6.45, 7) is 17.1. The van der Waals surface area contributed by atoms with E-state index in [1.807, 2.05) is 24.3 Å². The Morgan fingerprint density at radius 3 is 2.08 bits per heavy atom. The van der Waals surface area contributed by atoms with Crippen LogP contribution in [0.2, 0.25) is 0 Å². The zero-order valence-corrected chi connectivity index (χ0v) is 21.5. The van der Waals surface area contributed by atoms with E-state index in [-0.39, 0.29) is 11.4 Å². The number of benzene rings is 2. The van der Waals surface area contributed by atoms with Gasteiger partial charge in [0.2, 0.25) is 0 Å². The van der Waals surface area contributed by atoms with Gasteiger partial charge < -0.3 is 10.0 Å². The van der Waals surface area contributed by atoms with E-state index in [0.29, 0.717) is 0 Å². The van der Waals surface area contributed by atoms with Crippen LogP contribution in [0.4, 0.5) is 11.4 Å². The van der Waals surface area contributed by atoms with Gasteiger partial charge in [-0.25, -0.2) is 15.0 Å². The number of hydrogen-bond acceptors (Lipinski definition) is 3. The van der Waals surface area contributed by atoms with E-state index in [2.05, 4.69) is 51.8 Å². The molecule has 0 saturated carbocycles. The fourth-order valence-corrected chi connectivity index (χ4v) is 4.44. The Labute approximate surface area is 224 Å². The Bertz CT molecular complexity index is 1410. The van der Waals surface area contributed by atoms with E-state index in [1.165, 1.54) is 53.9 Å². The summed E-state index contributed by atoms with van der Waals surface area (Å²) in [7, 11) is 0. The maximum Gasteiger partial charge on any atom is 0.333 e. The van der Waals surface area contributed by atoms with Crippen LogP contribution in [0.3, 0.4) is 0 Å². The Hall–Kier alpha value is -4.86. The topological polar surface area (TPSA) is 73.0 Å². The molecule has 0 saturated heterocycles. The van der Waals surface area contributed by atoms with Gasteiger partial charge in [-0.2, -0.15) is 0 Å². The highest BCUT2D eigenvalue weighted by Gasteiger charge is 2.20. The van der Waals surface area contributed by atoms with Crippen molar-refractivity contribution in [2.45, 2.75) is 45.4 Å². The van der Waals surface area contributed by atoms with E-state index in [4.69, 9.17) is 23.5 Å². The lowest BCUT2D eigenvalue weighted by atomic mass is 10.0. The zero-order valence-electron chi connectivity index (χ0n) is 21.5. The van der Waals surface area contributed by atoms with Crippen molar-refractivity contribution in [1.29, 1.82) is 5.26 Å². The van der Waals surface area contributed by atoms with Crippen molar-refractivity contribution in [2.24, 2.45) is 0 Å². The first-order chi connectivity index (χ1) is 18.5. The number of carboxylic acid groups (broad SMARTS) is 1. The molecule has 0 unspecified atom stereocenters. The van der Waals surface area contributed by atoms with Crippen LogP contribution >= 0.6 is 0 Å². The Kier molecular flexibility index (Phi) is 10.2. The quantitative estimate of drug-likeness (QED) is 0.119. The molecule has 0 amide bonds. The number of anilines is 2. The Balaban J connectivity index is 1.93. The molecule has 38 heavy (non-hydrogen) atoms. The number of hydrogen-bond donors (Lipinski definition) is 1. The van der Waals surface area contributed by atoms with Crippen molar-refractivity contribution in [1.82, 2.24) is 0 Å². The lowest BCUT2D eigenvalue weighted by Crippen LogP contribution is -2.19. The first-order valence-corrected chi connectivity index (χ1v) is 12.7. The van der Waals surface area contributed by atoms with E-state index in [9.17, 15) is 4.79 Å². The smallest absolute Gasteiger partial charge is 0.333 e. The number of nitrogens with zero attached hydrogens (tertiary/aromatic N) is 4. The second-order valence-electron chi connectivity index (χ2n) is 8.95. The largest absolute Gasteiger partial charge is 0.486 e. The van der Waals surface area contributed by atoms with Crippen LogP contribution in [-0.2, 0) is 17.6 Å². The molecule has 3 rings (SSSR count). The minimum Gasteiger partial charge on any atom is -0.486 e. The maximum absolute atomic E-state index is 11.1. The molecule has 2 aromatic rings. The zero-order chi connectivity index (χ0) is 27.3. The molecule has 0 atom stereocenters. The number of unbranched alkanes of at least 4 members (excludes halogenated alkanes) is 3. The molecular weight excluding hydrogens is 472 g/mol. The summed E-state index contributed by atoms with van der Waals surface area (Å²) >= 11 is 0. The predicted molar refractivity (Wildman–Crippen MR) is 152 cm³/mol. The highest BCUT2D eigenvalue weighted by molar-refractivity contribution is 5.89. The van der Waals surface area contributed by atoms with Gasteiger partial charge in [-0.1, -0.05) is 62.6 Å². The molecule has 0 aliphatic carbocycles. The van der Waals surface area contributed by atoms with E-state index in [0.717, 1.165) is 36.9 Å². The van der Waals surface area contributed by atoms with Crippen LogP contribution in [-0.4, -0.2) is 17.6 Å². The summed E-state index contributed by atoms with van der Waals surface area (Å²) < 4.78 is 0. The van der Waals surface area contributed by atoms with Crippen molar-refractivity contribution in [2.75, 3.05) is 11.4 Å². The van der Waals surface area contributed by atoms with Gasteiger partial charge in [-0.3, -0.25) is 4.79 Å². The second-order valence-corrected chi connectivity index (χ2v) is 8.95. The van der Waals surface area contributed by atoms with Crippen molar-refractivity contribution in [3.8, 4) is 6.07 Å². The highest BCUT2D eigenvalue weighted by atomic mass is 16.4. The number of rotatable bonds is 10. The predicted octanol–water partition coefficient (Wildman–Crippen LogP) is 7.74. The van der Waals surface area contributed by atoms with Crippen molar-refractivity contribution < 1.29 is 9.90 Å². The third-order valence-electron chi connectivity index (χ3n) is 6.35. The van der Waals surface area contributed by atoms with Crippen LogP contribution in [0, 0.1) is 24.5 Å². The minimum atomic E-state index is -1.23. The highest BCUT2D eigenvalue weighted by Crippen LogP contribution is 2.37. The third-order valence-corrected chi connectivity index (χ3v) is 6.35. The minimum absolute atomic E-state index is 0.0540. The van der Waals surface area contributed by atoms with Gasteiger partial charge in [0.05, 0.1) is 19.2 Å². The SMILES string of the molecule is [C-]#[N+]/C(C#N)=C\C=C\c1ccc2c(c1)CCc1cc(/C=C/C=C(/[N+]#[C-])C(=O)O)ccc1N2CCCCCC. The van der Waals surface area contributed by atoms with Crippen LogP contribution in [0.25, 0.3) is 21.8 Å². The first-order valence-electron chi connectivity index (χ1n) is 12.7. The second kappa shape index (κ2) is 14.0. The molecule has 0 spiro atoms. The summed E-state index contributed by atoms with van der Waals surface area (Å²) in [6, 6.07) is 14.6. The van der Waals surface area contributed by atoms with Crippen LogP contribution in [0.5, 0.6) is 0 Å². The maximum atomic E-state index is 11.1. The lowest BCUT2D eigenvalue weighted by Gasteiger charge is -2.27. The summed E-state index contributed by atoms with van der Waals surface area (Å²) in [5.74, 6) is -1.23. The fraction of sp³-hybridized carbons (Fsp3) is 0.250. The van der Waals surface area contributed by atoms with Gasteiger partial charge in [0, 0.05) is 17.9 Å². The first kappa shape index (κ1) is 27.7. The number of carboxylic acids is 1. The number of aryl methyl sites for hydroxylation is 2. The molecule has 0 aromatic heterocycles. The van der Waals surface area contributed by atoms with Gasteiger partial charge >= 0.3 is 5.97 Å². The number of fused-ring (bicyclic) bond motifs is 2. The summed E-state index contributed by atoms with van der Waals surface area (Å²) in [5.41, 5.74) is 6.56. The van der Waals surface area contributed by atoms with Gasteiger partial charge in [0.25, 0.3) is 11.4 Å². The summed E-state index contributed by atoms with van der Waals surface area (Å²) in [5, 5.41) is 18.0.